The molecule has 18 heavy (non-hydrogen) atoms. The molecule has 0 aliphatic heterocycles. The van der Waals surface area contributed by atoms with E-state index in [9.17, 15) is 10.1 Å². The van der Waals surface area contributed by atoms with Crippen molar-refractivity contribution in [3.63, 3.8) is 0 Å². The number of ether oxygens (including phenoxy) is 1. The monoisotopic (exact) mass is 244 g/mol. The molecule has 0 aliphatic carbocycles. The Bertz CT molecular complexity index is 608. The quantitative estimate of drug-likeness (QED) is 0.612. The highest BCUT2D eigenvalue weighted by molar-refractivity contribution is 5.91. The van der Waals surface area contributed by atoms with Crippen molar-refractivity contribution in [3.05, 3.63) is 52.2 Å². The third kappa shape index (κ3) is 2.36. The number of rotatable bonds is 4. The molecule has 0 spiro atoms. The molecule has 92 valence electrons. The van der Waals surface area contributed by atoms with Gasteiger partial charge in [0.05, 0.1) is 22.6 Å². The van der Waals surface area contributed by atoms with Crippen LogP contribution in [0.5, 0.6) is 0 Å². The Morgan fingerprint density at radius 2 is 2.22 bits per heavy atom. The fraction of sp³-hybridized carbons (Fsp3) is 0.154. The van der Waals surface area contributed by atoms with Gasteiger partial charge < -0.3 is 4.74 Å². The number of para-hydroxylation sites is 1. The van der Waals surface area contributed by atoms with Crippen molar-refractivity contribution in [2.75, 3.05) is 13.7 Å². The Labute approximate surface area is 104 Å². The number of aromatic nitrogens is 1. The van der Waals surface area contributed by atoms with Crippen LogP contribution in [0.4, 0.5) is 5.69 Å². The van der Waals surface area contributed by atoms with Crippen molar-refractivity contribution in [1.82, 2.24) is 4.98 Å². The fourth-order valence-corrected chi connectivity index (χ4v) is 1.74. The maximum Gasteiger partial charge on any atom is 0.295 e. The van der Waals surface area contributed by atoms with E-state index in [1.807, 2.05) is 24.3 Å². The normalized spacial score (nSPS) is 11.2. The number of hydrogen-bond donors (Lipinski definition) is 0. The van der Waals surface area contributed by atoms with E-state index in [1.54, 1.807) is 19.3 Å². The molecule has 0 aliphatic rings. The van der Waals surface area contributed by atoms with Gasteiger partial charge in [-0.1, -0.05) is 24.3 Å². The van der Waals surface area contributed by atoms with Gasteiger partial charge in [-0.3, -0.25) is 10.1 Å². The zero-order chi connectivity index (χ0) is 13.0. The summed E-state index contributed by atoms with van der Waals surface area (Å²) in [5, 5.41) is 11.8. The van der Waals surface area contributed by atoms with Gasteiger partial charge in [0.25, 0.3) is 5.69 Å². The van der Waals surface area contributed by atoms with Gasteiger partial charge in [0, 0.05) is 12.5 Å². The highest BCUT2D eigenvalue weighted by Gasteiger charge is 2.15. The minimum Gasteiger partial charge on any atom is -0.381 e. The highest BCUT2D eigenvalue weighted by atomic mass is 16.6. The molecule has 0 amide bonds. The average Bonchev–Trinajstić information content (AvgIpc) is 2.38. The Morgan fingerprint density at radius 3 is 2.94 bits per heavy atom. The van der Waals surface area contributed by atoms with Crippen LogP contribution in [0.25, 0.3) is 17.0 Å². The number of nitro groups is 1. The fourth-order valence-electron chi connectivity index (χ4n) is 1.74. The Kier molecular flexibility index (Phi) is 3.64. The Hall–Kier alpha value is -2.27. The van der Waals surface area contributed by atoms with Gasteiger partial charge in [0.15, 0.2) is 0 Å². The van der Waals surface area contributed by atoms with Crippen LogP contribution in [-0.4, -0.2) is 23.6 Å². The zero-order valence-corrected chi connectivity index (χ0v) is 9.87. The molecule has 0 atom stereocenters. The largest absolute Gasteiger partial charge is 0.381 e. The second-order valence-electron chi connectivity index (χ2n) is 3.69. The summed E-state index contributed by atoms with van der Waals surface area (Å²) in [6, 6.07) is 7.33. The molecule has 0 saturated heterocycles. The van der Waals surface area contributed by atoms with Crippen molar-refractivity contribution in [2.45, 2.75) is 0 Å². The minimum absolute atomic E-state index is 0.000975. The number of nitrogens with zero attached hydrogens (tertiary/aromatic N) is 2. The summed E-state index contributed by atoms with van der Waals surface area (Å²) < 4.78 is 4.90. The van der Waals surface area contributed by atoms with E-state index in [-0.39, 0.29) is 5.69 Å². The molecule has 0 N–H and O–H groups in total. The van der Waals surface area contributed by atoms with Gasteiger partial charge in [0.1, 0.15) is 6.20 Å². The van der Waals surface area contributed by atoms with Crippen LogP contribution < -0.4 is 0 Å². The molecule has 1 aromatic carbocycles. The molecule has 0 radical (unpaired) electrons. The molecule has 1 aromatic heterocycles. The summed E-state index contributed by atoms with van der Waals surface area (Å²) in [5.41, 5.74) is 1.30. The highest BCUT2D eigenvalue weighted by Crippen LogP contribution is 2.27. The molecule has 0 bridgehead atoms. The van der Waals surface area contributed by atoms with Crippen LogP contribution in [0.15, 0.2) is 36.5 Å². The maximum atomic E-state index is 11.0. The van der Waals surface area contributed by atoms with Crippen molar-refractivity contribution in [3.8, 4) is 0 Å². The predicted octanol–water partition coefficient (Wildman–Crippen LogP) is 2.80. The van der Waals surface area contributed by atoms with Gasteiger partial charge in [0.2, 0.25) is 0 Å². The van der Waals surface area contributed by atoms with Crippen molar-refractivity contribution < 1.29 is 9.66 Å². The molecule has 5 heteroatoms. The van der Waals surface area contributed by atoms with Crippen LogP contribution >= 0.6 is 0 Å². The lowest BCUT2D eigenvalue weighted by molar-refractivity contribution is -0.385. The molecule has 2 aromatic rings. The van der Waals surface area contributed by atoms with Gasteiger partial charge >= 0.3 is 0 Å². The summed E-state index contributed by atoms with van der Waals surface area (Å²) >= 11 is 0. The van der Waals surface area contributed by atoms with E-state index in [2.05, 4.69) is 4.98 Å². The molecule has 5 nitrogen and oxygen atoms in total. The Morgan fingerprint density at radius 1 is 1.44 bits per heavy atom. The Balaban J connectivity index is 2.62. The molecule has 1 heterocycles. The first-order chi connectivity index (χ1) is 8.74. The lowest BCUT2D eigenvalue weighted by Gasteiger charge is -2.02. The molecule has 0 saturated carbocycles. The van der Waals surface area contributed by atoms with Crippen molar-refractivity contribution in [2.24, 2.45) is 0 Å². The zero-order valence-electron chi connectivity index (χ0n) is 9.87. The van der Waals surface area contributed by atoms with Crippen LogP contribution in [0.1, 0.15) is 5.56 Å². The molecule has 0 fully saturated rings. The van der Waals surface area contributed by atoms with E-state index in [1.165, 1.54) is 6.20 Å². The number of hydrogen-bond acceptors (Lipinski definition) is 4. The topological polar surface area (TPSA) is 65.3 Å². The van der Waals surface area contributed by atoms with Gasteiger partial charge in [-0.25, -0.2) is 4.98 Å². The van der Waals surface area contributed by atoms with E-state index in [0.717, 1.165) is 10.9 Å². The summed E-state index contributed by atoms with van der Waals surface area (Å²) in [4.78, 5) is 14.7. The first-order valence-corrected chi connectivity index (χ1v) is 5.41. The van der Waals surface area contributed by atoms with Crippen LogP contribution in [0.3, 0.4) is 0 Å². The third-order valence-corrected chi connectivity index (χ3v) is 2.54. The minimum atomic E-state index is -0.425. The average molecular weight is 244 g/mol. The summed E-state index contributed by atoms with van der Waals surface area (Å²) in [6.45, 7) is 0.411. The van der Waals surface area contributed by atoms with Gasteiger partial charge in [-0.2, -0.15) is 0 Å². The summed E-state index contributed by atoms with van der Waals surface area (Å²) in [6.07, 6.45) is 4.73. The van der Waals surface area contributed by atoms with Crippen molar-refractivity contribution in [1.29, 1.82) is 0 Å². The molecular weight excluding hydrogens is 232 g/mol. The van der Waals surface area contributed by atoms with Gasteiger partial charge in [-0.15, -0.1) is 0 Å². The SMILES string of the molecule is COC/C=C/c1c([N+](=O)[O-])cnc2ccccc12. The van der Waals surface area contributed by atoms with E-state index in [0.29, 0.717) is 12.2 Å². The van der Waals surface area contributed by atoms with E-state index < -0.39 is 4.92 Å². The first-order valence-electron chi connectivity index (χ1n) is 5.41. The second-order valence-corrected chi connectivity index (χ2v) is 3.69. The molecule has 0 unspecified atom stereocenters. The number of pyridine rings is 1. The number of benzene rings is 1. The smallest absolute Gasteiger partial charge is 0.295 e. The lowest BCUT2D eigenvalue weighted by atomic mass is 10.1. The van der Waals surface area contributed by atoms with Crippen LogP contribution in [0, 0.1) is 10.1 Å². The first kappa shape index (κ1) is 12.2. The third-order valence-electron chi connectivity index (χ3n) is 2.54. The van der Waals surface area contributed by atoms with Gasteiger partial charge in [-0.05, 0) is 12.1 Å². The standard InChI is InChI=1S/C13H12N2O3/c1-18-8-4-6-11-10-5-2-3-7-12(10)14-9-13(11)15(16)17/h2-7,9H,8H2,1H3/b6-4+. The van der Waals surface area contributed by atoms with Crippen LogP contribution in [0.2, 0.25) is 0 Å². The van der Waals surface area contributed by atoms with Crippen molar-refractivity contribution >= 4 is 22.7 Å². The number of fused-ring (bicyclic) bond motifs is 1. The summed E-state index contributed by atoms with van der Waals surface area (Å²) in [5.74, 6) is 0. The lowest BCUT2D eigenvalue weighted by Crippen LogP contribution is -1.95. The predicted molar refractivity (Wildman–Crippen MR) is 69.3 cm³/mol. The maximum absolute atomic E-state index is 11.0. The number of methoxy groups -OCH3 is 1. The second kappa shape index (κ2) is 5.37. The molecular formula is C13H12N2O3. The van der Waals surface area contributed by atoms with E-state index in [4.69, 9.17) is 4.74 Å². The summed E-state index contributed by atoms with van der Waals surface area (Å²) in [7, 11) is 1.57. The molecule has 2 rings (SSSR count). The van der Waals surface area contributed by atoms with E-state index >= 15 is 0 Å². The van der Waals surface area contributed by atoms with Crippen LogP contribution in [-0.2, 0) is 4.74 Å².